The molecule has 3 aromatic rings. The molecule has 0 fully saturated rings. The Bertz CT molecular complexity index is 722. The van der Waals surface area contributed by atoms with E-state index in [1.807, 2.05) is 42.5 Å². The van der Waals surface area contributed by atoms with Crippen LogP contribution in [0.3, 0.4) is 0 Å². The minimum absolute atomic E-state index is 0.163. The molecule has 3 N–H and O–H groups in total. The third kappa shape index (κ3) is 3.15. The molecule has 21 heavy (non-hydrogen) atoms. The van der Waals surface area contributed by atoms with E-state index in [4.69, 9.17) is 17.3 Å². The molecule has 1 unspecified atom stereocenters. The van der Waals surface area contributed by atoms with Gasteiger partial charge in [-0.3, -0.25) is 0 Å². The Morgan fingerprint density at radius 1 is 1.05 bits per heavy atom. The lowest BCUT2D eigenvalue weighted by molar-refractivity contribution is 0.678. The quantitative estimate of drug-likeness (QED) is 0.765. The largest absolute Gasteiger partial charge is 0.341 e. The number of nitrogens with zero attached hydrogens (tertiary/aromatic N) is 1. The molecule has 3 rings (SSSR count). The van der Waals surface area contributed by atoms with Crippen LogP contribution in [0.2, 0.25) is 5.02 Å². The molecule has 1 atom stereocenters. The summed E-state index contributed by atoms with van der Waals surface area (Å²) < 4.78 is 0. The van der Waals surface area contributed by atoms with E-state index in [1.165, 1.54) is 5.56 Å². The van der Waals surface area contributed by atoms with E-state index in [9.17, 15) is 0 Å². The Hall–Kier alpha value is -2.10. The predicted octanol–water partition coefficient (Wildman–Crippen LogP) is 3.97. The molecular weight excluding hydrogens is 282 g/mol. The summed E-state index contributed by atoms with van der Waals surface area (Å²) in [4.78, 5) is 7.66. The van der Waals surface area contributed by atoms with E-state index >= 15 is 0 Å². The number of hydrogen-bond donors (Lipinski definition) is 2. The second kappa shape index (κ2) is 6.12. The van der Waals surface area contributed by atoms with Crippen molar-refractivity contribution in [3.8, 4) is 11.3 Å². The summed E-state index contributed by atoms with van der Waals surface area (Å²) in [6.45, 7) is 0. The molecule has 1 aromatic heterocycles. The van der Waals surface area contributed by atoms with Gasteiger partial charge in [0.05, 0.1) is 17.9 Å². The number of nitrogens with two attached hydrogens (primary N) is 1. The minimum atomic E-state index is -0.163. The fourth-order valence-corrected chi connectivity index (χ4v) is 2.54. The number of aromatic nitrogens is 2. The van der Waals surface area contributed by atoms with Crippen molar-refractivity contribution in [2.45, 2.75) is 12.5 Å². The highest BCUT2D eigenvalue weighted by atomic mass is 35.5. The maximum Gasteiger partial charge on any atom is 0.123 e. The second-order valence-electron chi connectivity index (χ2n) is 4.96. The van der Waals surface area contributed by atoms with Crippen molar-refractivity contribution in [1.29, 1.82) is 0 Å². The molecule has 0 radical (unpaired) electrons. The van der Waals surface area contributed by atoms with Gasteiger partial charge in [-0.25, -0.2) is 4.98 Å². The number of halogens is 1. The van der Waals surface area contributed by atoms with Crippen LogP contribution < -0.4 is 5.73 Å². The molecule has 0 aliphatic carbocycles. The van der Waals surface area contributed by atoms with Crippen LogP contribution in [-0.2, 0) is 6.42 Å². The van der Waals surface area contributed by atoms with Crippen LogP contribution in [0, 0.1) is 0 Å². The summed E-state index contributed by atoms with van der Waals surface area (Å²) in [6, 6.07) is 17.7. The van der Waals surface area contributed by atoms with Crippen molar-refractivity contribution in [3.05, 3.63) is 77.2 Å². The van der Waals surface area contributed by atoms with Gasteiger partial charge in [-0.05, 0) is 18.1 Å². The molecular formula is C17H16ClN3. The van der Waals surface area contributed by atoms with Crippen molar-refractivity contribution in [1.82, 2.24) is 9.97 Å². The normalized spacial score (nSPS) is 12.3. The van der Waals surface area contributed by atoms with Gasteiger partial charge in [0.15, 0.2) is 0 Å². The molecule has 0 aliphatic heterocycles. The average molecular weight is 298 g/mol. The van der Waals surface area contributed by atoms with Crippen LogP contribution in [0.25, 0.3) is 11.3 Å². The lowest BCUT2D eigenvalue weighted by atomic mass is 10.1. The second-order valence-corrected chi connectivity index (χ2v) is 5.37. The van der Waals surface area contributed by atoms with Gasteiger partial charge in [-0.1, -0.05) is 60.1 Å². The van der Waals surface area contributed by atoms with Gasteiger partial charge in [0.1, 0.15) is 5.82 Å². The van der Waals surface area contributed by atoms with E-state index in [0.717, 1.165) is 23.5 Å². The van der Waals surface area contributed by atoms with E-state index in [0.29, 0.717) is 5.02 Å². The highest BCUT2D eigenvalue weighted by Gasteiger charge is 2.13. The Morgan fingerprint density at radius 2 is 1.76 bits per heavy atom. The Balaban J connectivity index is 1.80. The van der Waals surface area contributed by atoms with Gasteiger partial charge in [-0.15, -0.1) is 0 Å². The summed E-state index contributed by atoms with van der Waals surface area (Å²) >= 11 is 6.20. The number of H-pyrrole nitrogens is 1. The summed E-state index contributed by atoms with van der Waals surface area (Å²) in [5, 5.41) is 0.698. The molecule has 106 valence electrons. The maximum absolute atomic E-state index is 6.23. The predicted molar refractivity (Wildman–Crippen MR) is 86.1 cm³/mol. The Morgan fingerprint density at radius 3 is 2.52 bits per heavy atom. The van der Waals surface area contributed by atoms with Crippen molar-refractivity contribution in [2.24, 2.45) is 5.73 Å². The molecule has 3 nitrogen and oxygen atoms in total. The fourth-order valence-electron chi connectivity index (χ4n) is 2.31. The fraction of sp³-hybridized carbons (Fsp3) is 0.118. The van der Waals surface area contributed by atoms with Crippen LogP contribution in [0.5, 0.6) is 0 Å². The first kappa shape index (κ1) is 13.9. The van der Waals surface area contributed by atoms with Gasteiger partial charge in [-0.2, -0.15) is 0 Å². The molecule has 0 saturated heterocycles. The van der Waals surface area contributed by atoms with Gasteiger partial charge >= 0.3 is 0 Å². The monoisotopic (exact) mass is 297 g/mol. The van der Waals surface area contributed by atoms with E-state index in [1.54, 1.807) is 6.20 Å². The third-order valence-corrected chi connectivity index (χ3v) is 3.74. The third-order valence-electron chi connectivity index (χ3n) is 3.41. The number of imidazole rings is 1. The lowest BCUT2D eigenvalue weighted by Gasteiger charge is -2.08. The zero-order chi connectivity index (χ0) is 14.7. The van der Waals surface area contributed by atoms with E-state index < -0.39 is 0 Å². The summed E-state index contributed by atoms with van der Waals surface area (Å²) in [5.41, 5.74) is 9.25. The first-order valence-electron chi connectivity index (χ1n) is 6.83. The van der Waals surface area contributed by atoms with E-state index in [-0.39, 0.29) is 6.04 Å². The van der Waals surface area contributed by atoms with Crippen LogP contribution in [0.1, 0.15) is 17.4 Å². The number of rotatable bonds is 4. The number of benzene rings is 2. The molecule has 0 saturated carbocycles. The molecule has 2 aromatic carbocycles. The SMILES string of the molecule is NC(Cc1ccccc1)c1ncc(-c2ccccc2Cl)[nH]1. The van der Waals surface area contributed by atoms with Crippen LogP contribution >= 0.6 is 11.6 Å². The Labute approximate surface area is 128 Å². The van der Waals surface area contributed by atoms with Crippen molar-refractivity contribution < 1.29 is 0 Å². The van der Waals surface area contributed by atoms with Gasteiger partial charge < -0.3 is 10.7 Å². The van der Waals surface area contributed by atoms with Crippen LogP contribution in [0.15, 0.2) is 60.8 Å². The maximum atomic E-state index is 6.23. The molecule has 0 bridgehead atoms. The smallest absolute Gasteiger partial charge is 0.123 e. The molecule has 1 heterocycles. The highest BCUT2D eigenvalue weighted by Crippen LogP contribution is 2.26. The molecule has 0 amide bonds. The van der Waals surface area contributed by atoms with Crippen molar-refractivity contribution in [3.63, 3.8) is 0 Å². The molecule has 4 heteroatoms. The minimum Gasteiger partial charge on any atom is -0.341 e. The van der Waals surface area contributed by atoms with Crippen LogP contribution in [0.4, 0.5) is 0 Å². The van der Waals surface area contributed by atoms with Gasteiger partial charge in [0.25, 0.3) is 0 Å². The van der Waals surface area contributed by atoms with Gasteiger partial charge in [0, 0.05) is 10.6 Å². The summed E-state index contributed by atoms with van der Waals surface area (Å²) in [7, 11) is 0. The van der Waals surface area contributed by atoms with Crippen molar-refractivity contribution >= 4 is 11.6 Å². The highest BCUT2D eigenvalue weighted by molar-refractivity contribution is 6.33. The Kier molecular flexibility index (Phi) is 4.04. The number of hydrogen-bond acceptors (Lipinski definition) is 2. The van der Waals surface area contributed by atoms with Crippen LogP contribution in [-0.4, -0.2) is 9.97 Å². The van der Waals surface area contributed by atoms with Crippen molar-refractivity contribution in [2.75, 3.05) is 0 Å². The van der Waals surface area contributed by atoms with E-state index in [2.05, 4.69) is 22.1 Å². The lowest BCUT2D eigenvalue weighted by Crippen LogP contribution is -2.14. The molecule has 0 spiro atoms. The first-order chi connectivity index (χ1) is 10.2. The first-order valence-corrected chi connectivity index (χ1v) is 7.21. The summed E-state index contributed by atoms with van der Waals surface area (Å²) in [5.74, 6) is 0.772. The standard InChI is InChI=1S/C17H16ClN3/c18-14-9-5-4-8-13(14)16-11-20-17(21-16)15(19)10-12-6-2-1-3-7-12/h1-9,11,15H,10,19H2,(H,20,21). The zero-order valence-electron chi connectivity index (χ0n) is 11.5. The number of aromatic amines is 1. The number of nitrogens with one attached hydrogen (secondary N) is 1. The summed E-state index contributed by atoms with van der Waals surface area (Å²) in [6.07, 6.45) is 2.53. The zero-order valence-corrected chi connectivity index (χ0v) is 12.2. The topological polar surface area (TPSA) is 54.7 Å². The van der Waals surface area contributed by atoms with Gasteiger partial charge in [0.2, 0.25) is 0 Å². The average Bonchev–Trinajstić information content (AvgIpc) is 2.98. The molecule has 0 aliphatic rings.